The maximum atomic E-state index is 13.8. The van der Waals surface area contributed by atoms with Gasteiger partial charge in [0.15, 0.2) is 5.96 Å². The van der Waals surface area contributed by atoms with Crippen LogP contribution in [0.25, 0.3) is 0 Å². The van der Waals surface area contributed by atoms with Crippen LogP contribution < -0.4 is 11.1 Å². The lowest BCUT2D eigenvalue weighted by Gasteiger charge is -2.15. The summed E-state index contributed by atoms with van der Waals surface area (Å²) in [5.74, 6) is -0.648. The number of nitrogens with two attached hydrogens (primary N) is 1. The summed E-state index contributed by atoms with van der Waals surface area (Å²) < 4.78 is 27.6. The lowest BCUT2D eigenvalue weighted by molar-refractivity contribution is 0.517. The van der Waals surface area contributed by atoms with Crippen molar-refractivity contribution in [3.8, 4) is 0 Å². The van der Waals surface area contributed by atoms with Gasteiger partial charge in [-0.05, 0) is 31.4 Å². The Bertz CT molecular complexity index is 467. The summed E-state index contributed by atoms with van der Waals surface area (Å²) in [6.45, 7) is 3.10. The van der Waals surface area contributed by atoms with Gasteiger partial charge in [-0.1, -0.05) is 13.0 Å². The highest BCUT2D eigenvalue weighted by atomic mass is 127. The third-order valence-electron chi connectivity index (χ3n) is 3.45. The number of hydrogen-bond donors (Lipinski definition) is 2. The molecule has 0 amide bonds. The number of aliphatic imine (C=N–C) groups is 1. The summed E-state index contributed by atoms with van der Waals surface area (Å²) in [4.78, 5) is 4.20. The van der Waals surface area contributed by atoms with Gasteiger partial charge in [0.05, 0.1) is 6.54 Å². The van der Waals surface area contributed by atoms with E-state index in [9.17, 15) is 8.78 Å². The minimum atomic E-state index is -0.506. The van der Waals surface area contributed by atoms with Gasteiger partial charge in [-0.25, -0.2) is 8.78 Å². The van der Waals surface area contributed by atoms with Crippen molar-refractivity contribution in [1.82, 2.24) is 5.32 Å². The van der Waals surface area contributed by atoms with E-state index in [4.69, 9.17) is 5.73 Å². The smallest absolute Gasteiger partial charge is 0.188 e. The van der Waals surface area contributed by atoms with E-state index in [0.717, 1.165) is 25.8 Å². The lowest BCUT2D eigenvalue weighted by atomic mass is 9.95. The van der Waals surface area contributed by atoms with E-state index in [1.54, 1.807) is 0 Å². The Hall–Kier alpha value is -0.920. The standard InChI is InChI=1S/C14H19F2N3.HI/c1-2-8-18-13(17)19-9-14(6-7-14)12-10(15)4-3-5-11(12)16;/h3-5H,2,6-9H2,1H3,(H3,17,18,19);1H. The van der Waals surface area contributed by atoms with Gasteiger partial charge >= 0.3 is 0 Å². The van der Waals surface area contributed by atoms with Crippen LogP contribution in [0.2, 0.25) is 0 Å². The molecule has 1 aromatic rings. The van der Waals surface area contributed by atoms with E-state index in [1.165, 1.54) is 18.2 Å². The number of rotatable bonds is 5. The highest BCUT2D eigenvalue weighted by molar-refractivity contribution is 14.0. The molecule has 3 N–H and O–H groups in total. The highest BCUT2D eigenvalue weighted by Gasteiger charge is 2.47. The molecule has 3 nitrogen and oxygen atoms in total. The summed E-state index contributed by atoms with van der Waals surface area (Å²) in [6, 6.07) is 3.96. The fourth-order valence-corrected chi connectivity index (χ4v) is 2.19. The molecule has 1 fully saturated rings. The number of nitrogens with zero attached hydrogens (tertiary/aromatic N) is 1. The zero-order valence-corrected chi connectivity index (χ0v) is 13.8. The van der Waals surface area contributed by atoms with Crippen molar-refractivity contribution in [3.63, 3.8) is 0 Å². The summed E-state index contributed by atoms with van der Waals surface area (Å²) in [6.07, 6.45) is 2.44. The van der Waals surface area contributed by atoms with Gasteiger partial charge in [-0.3, -0.25) is 4.99 Å². The number of halogens is 3. The van der Waals surface area contributed by atoms with Crippen LogP contribution >= 0.6 is 24.0 Å². The zero-order valence-electron chi connectivity index (χ0n) is 11.5. The van der Waals surface area contributed by atoms with E-state index in [2.05, 4.69) is 10.3 Å². The van der Waals surface area contributed by atoms with Gasteiger partial charge in [-0.2, -0.15) is 0 Å². The molecule has 0 aliphatic heterocycles. The second-order valence-electron chi connectivity index (χ2n) is 5.01. The predicted molar refractivity (Wildman–Crippen MR) is 87.5 cm³/mol. The Morgan fingerprint density at radius 2 is 1.95 bits per heavy atom. The third kappa shape index (κ3) is 3.80. The van der Waals surface area contributed by atoms with Crippen LogP contribution in [-0.2, 0) is 5.41 Å². The average molecular weight is 395 g/mol. The van der Waals surface area contributed by atoms with Crippen LogP contribution in [0.5, 0.6) is 0 Å². The van der Waals surface area contributed by atoms with Gasteiger partial charge in [0.25, 0.3) is 0 Å². The Kier molecular flexibility index (Phi) is 6.16. The van der Waals surface area contributed by atoms with Crippen molar-refractivity contribution < 1.29 is 8.78 Å². The molecule has 0 atom stereocenters. The number of benzene rings is 1. The molecule has 112 valence electrons. The maximum Gasteiger partial charge on any atom is 0.188 e. The van der Waals surface area contributed by atoms with Crippen molar-refractivity contribution in [1.29, 1.82) is 0 Å². The van der Waals surface area contributed by atoms with Gasteiger partial charge in [0.1, 0.15) is 11.6 Å². The molecule has 6 heteroatoms. The summed E-state index contributed by atoms with van der Waals surface area (Å²) in [5.41, 5.74) is 5.35. The molecule has 0 radical (unpaired) electrons. The van der Waals surface area contributed by atoms with Crippen molar-refractivity contribution in [2.45, 2.75) is 31.6 Å². The molecular weight excluding hydrogens is 375 g/mol. The van der Waals surface area contributed by atoms with Crippen LogP contribution in [0.4, 0.5) is 8.78 Å². The second-order valence-corrected chi connectivity index (χ2v) is 5.01. The molecule has 1 aliphatic rings. The maximum absolute atomic E-state index is 13.8. The molecule has 0 aromatic heterocycles. The largest absolute Gasteiger partial charge is 0.370 e. The number of guanidine groups is 1. The molecule has 0 spiro atoms. The molecule has 1 aliphatic carbocycles. The average Bonchev–Trinajstić information content (AvgIpc) is 3.15. The van der Waals surface area contributed by atoms with Crippen molar-refractivity contribution in [3.05, 3.63) is 35.4 Å². The first-order valence-corrected chi connectivity index (χ1v) is 6.57. The van der Waals surface area contributed by atoms with Gasteiger partial charge in [0, 0.05) is 17.5 Å². The number of hydrogen-bond acceptors (Lipinski definition) is 1. The quantitative estimate of drug-likeness (QED) is 0.458. The molecule has 0 unspecified atom stereocenters. The Morgan fingerprint density at radius 3 is 2.45 bits per heavy atom. The normalized spacial score (nSPS) is 16.4. The molecular formula is C14H20F2IN3. The summed E-state index contributed by atoms with van der Waals surface area (Å²) in [5, 5.41) is 2.95. The summed E-state index contributed by atoms with van der Waals surface area (Å²) in [7, 11) is 0. The van der Waals surface area contributed by atoms with E-state index < -0.39 is 17.0 Å². The van der Waals surface area contributed by atoms with Crippen molar-refractivity contribution >= 4 is 29.9 Å². The molecule has 2 rings (SSSR count). The van der Waals surface area contributed by atoms with Gasteiger partial charge in [0.2, 0.25) is 0 Å². The van der Waals surface area contributed by atoms with Gasteiger partial charge < -0.3 is 11.1 Å². The SMILES string of the molecule is CCCNC(N)=NCC1(c2c(F)cccc2F)CC1.I. The Labute approximate surface area is 135 Å². The topological polar surface area (TPSA) is 50.4 Å². The summed E-state index contributed by atoms with van der Waals surface area (Å²) >= 11 is 0. The molecule has 20 heavy (non-hydrogen) atoms. The highest BCUT2D eigenvalue weighted by Crippen LogP contribution is 2.50. The van der Waals surface area contributed by atoms with Crippen LogP contribution in [0.15, 0.2) is 23.2 Å². The lowest BCUT2D eigenvalue weighted by Crippen LogP contribution is -2.33. The Morgan fingerprint density at radius 1 is 1.35 bits per heavy atom. The second kappa shape index (κ2) is 7.19. The van der Waals surface area contributed by atoms with E-state index >= 15 is 0 Å². The fraction of sp³-hybridized carbons (Fsp3) is 0.500. The minimum Gasteiger partial charge on any atom is -0.370 e. The van der Waals surface area contributed by atoms with Crippen LogP contribution in [0.3, 0.4) is 0 Å². The monoisotopic (exact) mass is 395 g/mol. The van der Waals surface area contributed by atoms with Crippen LogP contribution in [0.1, 0.15) is 31.7 Å². The number of nitrogens with one attached hydrogen (secondary N) is 1. The van der Waals surface area contributed by atoms with Crippen LogP contribution in [0, 0.1) is 11.6 Å². The minimum absolute atomic E-state index is 0. The fourth-order valence-electron chi connectivity index (χ4n) is 2.19. The Balaban J connectivity index is 0.00000200. The van der Waals surface area contributed by atoms with Gasteiger partial charge in [-0.15, -0.1) is 24.0 Å². The molecule has 1 aromatic carbocycles. The third-order valence-corrected chi connectivity index (χ3v) is 3.45. The molecule has 0 saturated heterocycles. The molecule has 1 saturated carbocycles. The van der Waals surface area contributed by atoms with Crippen molar-refractivity contribution in [2.75, 3.05) is 13.1 Å². The molecule has 0 bridgehead atoms. The first-order chi connectivity index (χ1) is 9.09. The molecule has 0 heterocycles. The van der Waals surface area contributed by atoms with E-state index in [1.807, 2.05) is 6.92 Å². The predicted octanol–water partition coefficient (Wildman–Crippen LogP) is 2.93. The zero-order chi connectivity index (χ0) is 13.9. The first-order valence-electron chi connectivity index (χ1n) is 6.57. The van der Waals surface area contributed by atoms with Crippen LogP contribution in [-0.4, -0.2) is 19.0 Å². The van der Waals surface area contributed by atoms with Crippen molar-refractivity contribution in [2.24, 2.45) is 10.7 Å². The van der Waals surface area contributed by atoms with E-state index in [0.29, 0.717) is 12.5 Å². The first kappa shape index (κ1) is 17.1. The van der Waals surface area contributed by atoms with E-state index in [-0.39, 0.29) is 29.5 Å².